The number of carboxylic acid groups (broad SMARTS) is 1. The smallest absolute Gasteiger partial charge is 0.322 e. The molecule has 2 fully saturated rings. The Kier molecular flexibility index (Phi) is 4.23. The van der Waals surface area contributed by atoms with E-state index in [1.807, 2.05) is 6.92 Å². The zero-order chi connectivity index (χ0) is 16.7. The van der Waals surface area contributed by atoms with Gasteiger partial charge in [0.1, 0.15) is 6.04 Å². The summed E-state index contributed by atoms with van der Waals surface area (Å²) in [6.07, 6.45) is 5.57. The van der Waals surface area contributed by atoms with Gasteiger partial charge in [0, 0.05) is 6.54 Å². The van der Waals surface area contributed by atoms with Crippen LogP contribution in [0.25, 0.3) is 0 Å². The predicted octanol–water partition coefficient (Wildman–Crippen LogP) is 2.79. The average Bonchev–Trinajstić information content (AvgIpc) is 2.89. The highest BCUT2D eigenvalue weighted by atomic mass is 32.2. The molecule has 126 valence electrons. The van der Waals surface area contributed by atoms with E-state index in [0.29, 0.717) is 13.0 Å². The summed E-state index contributed by atoms with van der Waals surface area (Å²) in [4.78, 5) is 11.8. The first kappa shape index (κ1) is 16.5. The largest absolute Gasteiger partial charge is 0.480 e. The van der Waals surface area contributed by atoms with Gasteiger partial charge in [-0.1, -0.05) is 37.0 Å². The molecule has 0 amide bonds. The normalized spacial score (nSPS) is 24.8. The van der Waals surface area contributed by atoms with Crippen molar-refractivity contribution in [2.45, 2.75) is 56.4 Å². The molecule has 1 saturated carbocycles. The number of nitrogens with zero attached hydrogens (tertiary/aromatic N) is 1. The molecule has 3 rings (SSSR count). The predicted molar refractivity (Wildman–Crippen MR) is 86.6 cm³/mol. The highest BCUT2D eigenvalue weighted by molar-refractivity contribution is 7.89. The van der Waals surface area contributed by atoms with Gasteiger partial charge in [-0.25, -0.2) is 8.42 Å². The van der Waals surface area contributed by atoms with E-state index in [4.69, 9.17) is 0 Å². The number of rotatable bonds is 3. The molecular formula is C17H23NO4S. The molecule has 1 heterocycles. The third-order valence-corrected chi connectivity index (χ3v) is 7.16. The second-order valence-electron chi connectivity index (χ2n) is 6.98. The zero-order valence-electron chi connectivity index (χ0n) is 13.4. The topological polar surface area (TPSA) is 74.7 Å². The Hall–Kier alpha value is -1.40. The first-order valence-corrected chi connectivity index (χ1v) is 9.59. The van der Waals surface area contributed by atoms with E-state index in [1.54, 1.807) is 24.3 Å². The van der Waals surface area contributed by atoms with Gasteiger partial charge in [-0.15, -0.1) is 0 Å². The van der Waals surface area contributed by atoms with E-state index in [-0.39, 0.29) is 10.3 Å². The molecule has 1 aliphatic carbocycles. The van der Waals surface area contributed by atoms with Crippen LogP contribution in [0.2, 0.25) is 0 Å². The van der Waals surface area contributed by atoms with Crippen LogP contribution in [0.4, 0.5) is 0 Å². The molecule has 1 spiro atoms. The van der Waals surface area contributed by atoms with Gasteiger partial charge in [-0.2, -0.15) is 4.31 Å². The summed E-state index contributed by atoms with van der Waals surface area (Å²) in [6, 6.07) is 5.68. The second-order valence-corrected chi connectivity index (χ2v) is 8.87. The lowest BCUT2D eigenvalue weighted by Crippen LogP contribution is -2.40. The van der Waals surface area contributed by atoms with Gasteiger partial charge < -0.3 is 5.11 Å². The average molecular weight is 337 g/mol. The molecule has 0 bridgehead atoms. The quantitative estimate of drug-likeness (QED) is 0.920. The Labute approximate surface area is 137 Å². The van der Waals surface area contributed by atoms with Crippen LogP contribution in [0, 0.1) is 12.3 Å². The van der Waals surface area contributed by atoms with E-state index in [0.717, 1.165) is 37.7 Å². The number of carboxylic acids is 1. The molecule has 0 radical (unpaired) electrons. The number of sulfonamides is 1. The Balaban J connectivity index is 1.95. The van der Waals surface area contributed by atoms with Gasteiger partial charge in [0.15, 0.2) is 0 Å². The maximum Gasteiger partial charge on any atom is 0.322 e. The minimum absolute atomic E-state index is 0.154. The lowest BCUT2D eigenvalue weighted by Gasteiger charge is -2.33. The first-order chi connectivity index (χ1) is 10.8. The fourth-order valence-electron chi connectivity index (χ4n) is 3.99. The van der Waals surface area contributed by atoms with Crippen LogP contribution < -0.4 is 0 Å². The summed E-state index contributed by atoms with van der Waals surface area (Å²) >= 11 is 0. The summed E-state index contributed by atoms with van der Waals surface area (Å²) in [7, 11) is -3.77. The van der Waals surface area contributed by atoms with Crippen molar-refractivity contribution in [3.05, 3.63) is 29.8 Å². The van der Waals surface area contributed by atoms with Gasteiger partial charge in [0.25, 0.3) is 0 Å². The standard InChI is InChI=1S/C17H23NO4S/c1-13-5-7-14(8-6-13)23(21,22)18-12-17(9-3-2-4-10-17)11-15(18)16(19)20/h5-8,15H,2-4,9-12H2,1H3,(H,19,20). The number of aliphatic carboxylic acids is 1. The second kappa shape index (κ2) is 5.91. The molecule has 1 atom stereocenters. The van der Waals surface area contributed by atoms with Crippen molar-refractivity contribution in [3.63, 3.8) is 0 Å². The highest BCUT2D eigenvalue weighted by Crippen LogP contribution is 2.47. The van der Waals surface area contributed by atoms with Crippen LogP contribution >= 0.6 is 0 Å². The third kappa shape index (κ3) is 3.02. The molecule has 23 heavy (non-hydrogen) atoms. The third-order valence-electron chi connectivity index (χ3n) is 5.29. The van der Waals surface area contributed by atoms with Crippen LogP contribution in [-0.2, 0) is 14.8 Å². The minimum atomic E-state index is -3.77. The van der Waals surface area contributed by atoms with E-state index >= 15 is 0 Å². The van der Waals surface area contributed by atoms with Gasteiger partial charge >= 0.3 is 5.97 Å². The van der Waals surface area contributed by atoms with Crippen molar-refractivity contribution in [1.82, 2.24) is 4.31 Å². The van der Waals surface area contributed by atoms with Crippen LogP contribution in [-0.4, -0.2) is 36.4 Å². The monoisotopic (exact) mass is 337 g/mol. The molecule has 5 nitrogen and oxygen atoms in total. The molecular weight excluding hydrogens is 314 g/mol. The number of aryl methyl sites for hydroxylation is 1. The Bertz CT molecular complexity index is 690. The van der Waals surface area contributed by atoms with Crippen molar-refractivity contribution in [1.29, 1.82) is 0 Å². The summed E-state index contributed by atoms with van der Waals surface area (Å²) in [5, 5.41) is 9.55. The molecule has 1 aliphatic heterocycles. The Morgan fingerprint density at radius 1 is 1.17 bits per heavy atom. The fourth-order valence-corrected chi connectivity index (χ4v) is 5.68. The summed E-state index contributed by atoms with van der Waals surface area (Å²) in [5.74, 6) is -1.04. The SMILES string of the molecule is Cc1ccc(S(=O)(=O)N2CC3(CCCCC3)CC2C(=O)O)cc1. The molecule has 0 aromatic heterocycles. The molecule has 1 N–H and O–H groups in total. The number of carbonyl (C=O) groups is 1. The summed E-state index contributed by atoms with van der Waals surface area (Å²) < 4.78 is 27.1. The molecule has 1 aromatic rings. The molecule has 2 aliphatic rings. The Morgan fingerprint density at radius 3 is 2.35 bits per heavy atom. The van der Waals surface area contributed by atoms with Crippen molar-refractivity contribution in [3.8, 4) is 0 Å². The first-order valence-electron chi connectivity index (χ1n) is 8.15. The van der Waals surface area contributed by atoms with Gasteiger partial charge in [-0.3, -0.25) is 4.79 Å². The van der Waals surface area contributed by atoms with Crippen molar-refractivity contribution >= 4 is 16.0 Å². The minimum Gasteiger partial charge on any atom is -0.480 e. The molecule has 1 unspecified atom stereocenters. The van der Waals surface area contributed by atoms with Crippen LogP contribution in [0.1, 0.15) is 44.1 Å². The van der Waals surface area contributed by atoms with Crippen molar-refractivity contribution in [2.75, 3.05) is 6.54 Å². The maximum atomic E-state index is 12.9. The van der Waals surface area contributed by atoms with Crippen LogP contribution in [0.3, 0.4) is 0 Å². The van der Waals surface area contributed by atoms with Crippen LogP contribution in [0.5, 0.6) is 0 Å². The molecule has 6 heteroatoms. The number of benzene rings is 1. The lowest BCUT2D eigenvalue weighted by molar-refractivity contribution is -0.140. The highest BCUT2D eigenvalue weighted by Gasteiger charge is 2.51. The molecule has 1 aromatic carbocycles. The molecule has 1 saturated heterocycles. The van der Waals surface area contributed by atoms with Gasteiger partial charge in [0.2, 0.25) is 10.0 Å². The lowest BCUT2D eigenvalue weighted by atomic mass is 9.73. The van der Waals surface area contributed by atoms with Gasteiger partial charge in [0.05, 0.1) is 4.90 Å². The van der Waals surface area contributed by atoms with E-state index in [9.17, 15) is 18.3 Å². The van der Waals surface area contributed by atoms with Crippen molar-refractivity contribution < 1.29 is 18.3 Å². The van der Waals surface area contributed by atoms with E-state index in [2.05, 4.69) is 0 Å². The number of hydrogen-bond acceptors (Lipinski definition) is 3. The summed E-state index contributed by atoms with van der Waals surface area (Å²) in [5.41, 5.74) is 0.822. The fraction of sp³-hybridized carbons (Fsp3) is 0.588. The van der Waals surface area contributed by atoms with E-state index < -0.39 is 22.0 Å². The zero-order valence-corrected chi connectivity index (χ0v) is 14.2. The van der Waals surface area contributed by atoms with Gasteiger partial charge in [-0.05, 0) is 43.7 Å². The number of hydrogen-bond donors (Lipinski definition) is 1. The Morgan fingerprint density at radius 2 is 1.78 bits per heavy atom. The van der Waals surface area contributed by atoms with Crippen molar-refractivity contribution in [2.24, 2.45) is 5.41 Å². The van der Waals surface area contributed by atoms with Crippen LogP contribution in [0.15, 0.2) is 29.2 Å². The summed E-state index contributed by atoms with van der Waals surface area (Å²) in [6.45, 7) is 2.23. The maximum absolute atomic E-state index is 12.9. The van der Waals surface area contributed by atoms with E-state index in [1.165, 1.54) is 4.31 Å².